The second-order valence-corrected chi connectivity index (χ2v) is 5.78. The van der Waals surface area contributed by atoms with Crippen molar-refractivity contribution in [2.24, 2.45) is 0 Å². The molecule has 0 saturated carbocycles. The van der Waals surface area contributed by atoms with Gasteiger partial charge in [-0.1, -0.05) is 0 Å². The fourth-order valence-electron chi connectivity index (χ4n) is 2.54. The zero-order valence-corrected chi connectivity index (χ0v) is 14.5. The van der Waals surface area contributed by atoms with E-state index in [1.54, 1.807) is 29.7 Å². The monoisotopic (exact) mass is 382 g/mol. The smallest absolute Gasteiger partial charge is 0.497 e. The number of aliphatic hydroxyl groups excluding tert-OH is 1. The number of benzene rings is 1. The van der Waals surface area contributed by atoms with E-state index in [4.69, 9.17) is 4.74 Å². The average Bonchev–Trinajstić information content (AvgIpc) is 3.08. The first-order chi connectivity index (χ1) is 12.8. The molecule has 0 radical (unpaired) electrons. The van der Waals surface area contributed by atoms with E-state index in [0.717, 1.165) is 6.07 Å². The molecule has 144 valence electrons. The van der Waals surface area contributed by atoms with Crippen LogP contribution in [0.25, 0.3) is 16.8 Å². The van der Waals surface area contributed by atoms with Crippen molar-refractivity contribution < 1.29 is 27.8 Å². The molecule has 0 spiro atoms. The third-order valence-electron chi connectivity index (χ3n) is 3.69. The summed E-state index contributed by atoms with van der Waals surface area (Å²) in [7, 11) is 1.35. The minimum atomic E-state index is -4.87. The third-order valence-corrected chi connectivity index (χ3v) is 3.69. The lowest BCUT2D eigenvalue weighted by molar-refractivity contribution is -0.274. The minimum absolute atomic E-state index is 0.117. The van der Waals surface area contributed by atoms with E-state index in [9.17, 15) is 18.3 Å². The molecule has 0 amide bonds. The molecular weight excluding hydrogens is 365 g/mol. The standard InChI is InChI=1S/C17H17F3N4O3/c1-10(25)9-21-16-23-22-15(13-4-3-7-24(13)16)12-6-5-11(26-2)8-14(12)27-17(18,19)20/h3-8,10,25H,9H2,1-2H3,(H,21,23)/t10-/m0/s1. The number of hydrogen-bond donors (Lipinski definition) is 2. The number of alkyl halides is 3. The van der Waals surface area contributed by atoms with Crippen molar-refractivity contribution in [1.82, 2.24) is 14.6 Å². The van der Waals surface area contributed by atoms with Crippen molar-refractivity contribution in [3.63, 3.8) is 0 Å². The molecule has 0 aliphatic rings. The number of aliphatic hydroxyl groups is 1. The van der Waals surface area contributed by atoms with Crippen LogP contribution in [0, 0.1) is 0 Å². The fraction of sp³-hybridized carbons (Fsp3) is 0.294. The van der Waals surface area contributed by atoms with Crippen LogP contribution in [0.3, 0.4) is 0 Å². The van der Waals surface area contributed by atoms with Gasteiger partial charge in [-0.3, -0.25) is 4.40 Å². The molecule has 1 aromatic carbocycles. The summed E-state index contributed by atoms with van der Waals surface area (Å²) in [6.07, 6.45) is -3.79. The number of aromatic nitrogens is 3. The van der Waals surface area contributed by atoms with E-state index in [0.29, 0.717) is 11.5 Å². The third kappa shape index (κ3) is 4.22. The predicted molar refractivity (Wildman–Crippen MR) is 91.8 cm³/mol. The zero-order valence-electron chi connectivity index (χ0n) is 14.5. The number of anilines is 1. The number of hydrogen-bond acceptors (Lipinski definition) is 6. The molecular formula is C17H17F3N4O3. The Labute approximate surface area is 152 Å². The second-order valence-electron chi connectivity index (χ2n) is 5.78. The lowest BCUT2D eigenvalue weighted by Gasteiger charge is -2.15. The van der Waals surface area contributed by atoms with Gasteiger partial charge in [0.2, 0.25) is 5.95 Å². The minimum Gasteiger partial charge on any atom is -0.497 e. The van der Waals surface area contributed by atoms with Gasteiger partial charge in [0.05, 0.1) is 18.7 Å². The van der Waals surface area contributed by atoms with Gasteiger partial charge in [0.25, 0.3) is 0 Å². The fourth-order valence-corrected chi connectivity index (χ4v) is 2.54. The molecule has 0 unspecified atom stereocenters. The summed E-state index contributed by atoms with van der Waals surface area (Å²) in [4.78, 5) is 0. The van der Waals surface area contributed by atoms with Crippen molar-refractivity contribution in [2.75, 3.05) is 19.0 Å². The first-order valence-corrected chi connectivity index (χ1v) is 7.98. The van der Waals surface area contributed by atoms with Crippen LogP contribution in [0.1, 0.15) is 6.92 Å². The Morgan fingerprint density at radius 1 is 1.26 bits per heavy atom. The van der Waals surface area contributed by atoms with Gasteiger partial charge in [0, 0.05) is 24.4 Å². The van der Waals surface area contributed by atoms with Crippen molar-refractivity contribution in [1.29, 1.82) is 0 Å². The molecule has 0 fully saturated rings. The van der Waals surface area contributed by atoms with Crippen LogP contribution in [-0.2, 0) is 0 Å². The molecule has 10 heteroatoms. The van der Waals surface area contributed by atoms with Gasteiger partial charge in [-0.05, 0) is 31.2 Å². The second kappa shape index (κ2) is 7.31. The Morgan fingerprint density at radius 3 is 2.70 bits per heavy atom. The van der Waals surface area contributed by atoms with Crippen LogP contribution in [0.4, 0.5) is 19.1 Å². The van der Waals surface area contributed by atoms with Gasteiger partial charge in [-0.2, -0.15) is 0 Å². The summed E-state index contributed by atoms with van der Waals surface area (Å²) in [5.74, 6) is 0.128. The summed E-state index contributed by atoms with van der Waals surface area (Å²) in [5, 5.41) is 20.4. The molecule has 0 aliphatic carbocycles. The molecule has 0 bridgehead atoms. The molecule has 7 nitrogen and oxygen atoms in total. The first-order valence-electron chi connectivity index (χ1n) is 7.98. The highest BCUT2D eigenvalue weighted by molar-refractivity contribution is 5.81. The van der Waals surface area contributed by atoms with Crippen molar-refractivity contribution in [3.05, 3.63) is 36.5 Å². The Hall–Kier alpha value is -3.01. The number of ether oxygens (including phenoxy) is 2. The van der Waals surface area contributed by atoms with Crippen molar-refractivity contribution in [2.45, 2.75) is 19.4 Å². The SMILES string of the molecule is COc1ccc(-c2nnc(NC[C@H](C)O)n3cccc23)c(OC(F)(F)F)c1. The summed E-state index contributed by atoms with van der Waals surface area (Å²) in [5.41, 5.74) is 0.853. The highest BCUT2D eigenvalue weighted by atomic mass is 19.4. The van der Waals surface area contributed by atoms with Crippen LogP contribution in [0.5, 0.6) is 11.5 Å². The largest absolute Gasteiger partial charge is 0.573 e. The zero-order chi connectivity index (χ0) is 19.6. The van der Waals surface area contributed by atoms with E-state index in [1.807, 2.05) is 0 Å². The van der Waals surface area contributed by atoms with Gasteiger partial charge >= 0.3 is 6.36 Å². The highest BCUT2D eigenvalue weighted by Gasteiger charge is 2.33. The van der Waals surface area contributed by atoms with Crippen LogP contribution in [0.15, 0.2) is 36.5 Å². The molecule has 27 heavy (non-hydrogen) atoms. The van der Waals surface area contributed by atoms with E-state index in [1.165, 1.54) is 19.2 Å². The number of nitrogens with one attached hydrogen (secondary N) is 1. The van der Waals surface area contributed by atoms with Crippen LogP contribution in [0.2, 0.25) is 0 Å². The summed E-state index contributed by atoms with van der Waals surface area (Å²) >= 11 is 0. The number of nitrogens with zero attached hydrogens (tertiary/aromatic N) is 3. The molecule has 3 rings (SSSR count). The Bertz CT molecular complexity index is 941. The topological polar surface area (TPSA) is 80.9 Å². The summed E-state index contributed by atoms with van der Waals surface area (Å²) in [6, 6.07) is 7.49. The van der Waals surface area contributed by atoms with Gasteiger partial charge in [0.1, 0.15) is 17.2 Å². The summed E-state index contributed by atoms with van der Waals surface area (Å²) in [6.45, 7) is 1.85. The normalized spacial score (nSPS) is 12.8. The number of fused-ring (bicyclic) bond motifs is 1. The van der Waals surface area contributed by atoms with Crippen molar-refractivity contribution in [3.8, 4) is 22.8 Å². The van der Waals surface area contributed by atoms with E-state index in [2.05, 4.69) is 20.3 Å². The Balaban J connectivity index is 2.10. The molecule has 0 aliphatic heterocycles. The quantitative estimate of drug-likeness (QED) is 0.682. The molecule has 2 N–H and O–H groups in total. The molecule has 3 aromatic rings. The van der Waals surface area contributed by atoms with Crippen molar-refractivity contribution >= 4 is 11.5 Å². The van der Waals surface area contributed by atoms with Gasteiger partial charge < -0.3 is 19.9 Å². The van der Waals surface area contributed by atoms with E-state index >= 15 is 0 Å². The molecule has 1 atom stereocenters. The average molecular weight is 382 g/mol. The lowest BCUT2D eigenvalue weighted by Crippen LogP contribution is -2.19. The van der Waals surface area contributed by atoms with Gasteiger partial charge in [0.15, 0.2) is 0 Å². The van der Waals surface area contributed by atoms with E-state index < -0.39 is 18.2 Å². The first kappa shape index (κ1) is 18.8. The Morgan fingerprint density at radius 2 is 2.04 bits per heavy atom. The maximum Gasteiger partial charge on any atom is 0.573 e. The lowest BCUT2D eigenvalue weighted by atomic mass is 10.1. The molecule has 2 aromatic heterocycles. The maximum absolute atomic E-state index is 12.8. The predicted octanol–water partition coefficient (Wildman–Crippen LogP) is 3.10. The van der Waals surface area contributed by atoms with Gasteiger partial charge in [-0.15, -0.1) is 23.4 Å². The van der Waals surface area contributed by atoms with Crippen LogP contribution in [-0.4, -0.2) is 45.8 Å². The number of halogens is 3. The van der Waals surface area contributed by atoms with Crippen LogP contribution < -0.4 is 14.8 Å². The van der Waals surface area contributed by atoms with Gasteiger partial charge in [-0.25, -0.2) is 0 Å². The number of methoxy groups -OCH3 is 1. The molecule has 0 saturated heterocycles. The summed E-state index contributed by atoms with van der Waals surface area (Å²) < 4.78 is 49.3. The van der Waals surface area contributed by atoms with E-state index in [-0.39, 0.29) is 23.6 Å². The number of rotatable bonds is 6. The van der Waals surface area contributed by atoms with Crippen LogP contribution >= 0.6 is 0 Å². The highest BCUT2D eigenvalue weighted by Crippen LogP contribution is 2.37. The molecule has 2 heterocycles. The maximum atomic E-state index is 12.8. The Kier molecular flexibility index (Phi) is 5.08.